The van der Waals surface area contributed by atoms with Crippen molar-refractivity contribution < 1.29 is 4.79 Å². The van der Waals surface area contributed by atoms with Crippen LogP contribution in [0.15, 0.2) is 42.5 Å². The fourth-order valence-electron chi connectivity index (χ4n) is 2.23. The summed E-state index contributed by atoms with van der Waals surface area (Å²) in [4.78, 5) is 12.0. The molecule has 22 heavy (non-hydrogen) atoms. The predicted molar refractivity (Wildman–Crippen MR) is 88.8 cm³/mol. The Bertz CT molecular complexity index is 696. The summed E-state index contributed by atoms with van der Waals surface area (Å²) in [6.07, 6.45) is 0.366. The average Bonchev–Trinajstić information content (AvgIpc) is 2.51. The van der Waals surface area contributed by atoms with Gasteiger partial charge in [-0.25, -0.2) is 0 Å². The van der Waals surface area contributed by atoms with Crippen LogP contribution < -0.4 is 10.6 Å². The number of carbonyl (C=O) groups is 1. The molecule has 0 unspecified atom stereocenters. The molecular weight excluding hydrogens is 274 g/mol. The van der Waals surface area contributed by atoms with E-state index < -0.39 is 0 Å². The van der Waals surface area contributed by atoms with E-state index in [-0.39, 0.29) is 5.91 Å². The molecule has 1 amide bonds. The van der Waals surface area contributed by atoms with Crippen LogP contribution in [0.2, 0.25) is 0 Å². The van der Waals surface area contributed by atoms with Gasteiger partial charge in [-0.2, -0.15) is 5.26 Å². The smallest absolute Gasteiger partial charge is 0.226 e. The molecule has 0 fully saturated rings. The van der Waals surface area contributed by atoms with E-state index in [1.807, 2.05) is 44.2 Å². The Labute approximate surface area is 130 Å². The van der Waals surface area contributed by atoms with Gasteiger partial charge in [0.05, 0.1) is 11.6 Å². The van der Waals surface area contributed by atoms with Gasteiger partial charge >= 0.3 is 0 Å². The number of nitrogens with zero attached hydrogens (tertiary/aromatic N) is 1. The maximum atomic E-state index is 12.0. The van der Waals surface area contributed by atoms with Crippen LogP contribution in [0.1, 0.15) is 23.1 Å². The van der Waals surface area contributed by atoms with Crippen molar-refractivity contribution in [3.63, 3.8) is 0 Å². The summed E-state index contributed by atoms with van der Waals surface area (Å²) < 4.78 is 0. The molecule has 2 aromatic rings. The number of carbonyl (C=O) groups excluding carboxylic acids is 1. The van der Waals surface area contributed by atoms with Crippen LogP contribution in [0, 0.1) is 25.2 Å². The van der Waals surface area contributed by atoms with Crippen LogP contribution in [-0.4, -0.2) is 12.5 Å². The van der Waals surface area contributed by atoms with Gasteiger partial charge in [0.1, 0.15) is 0 Å². The Morgan fingerprint density at radius 1 is 1.14 bits per heavy atom. The Morgan fingerprint density at radius 2 is 1.82 bits per heavy atom. The lowest BCUT2D eigenvalue weighted by atomic mass is 10.1. The second-order valence-electron chi connectivity index (χ2n) is 5.18. The van der Waals surface area contributed by atoms with Crippen LogP contribution >= 0.6 is 0 Å². The summed E-state index contributed by atoms with van der Waals surface area (Å²) in [6.45, 7) is 4.48. The number of anilines is 2. The lowest BCUT2D eigenvalue weighted by Gasteiger charge is -2.12. The van der Waals surface area contributed by atoms with Crippen molar-refractivity contribution in [1.82, 2.24) is 0 Å². The van der Waals surface area contributed by atoms with Gasteiger partial charge in [0.15, 0.2) is 0 Å². The van der Waals surface area contributed by atoms with E-state index in [4.69, 9.17) is 5.26 Å². The zero-order chi connectivity index (χ0) is 15.9. The van der Waals surface area contributed by atoms with Gasteiger partial charge in [0, 0.05) is 24.3 Å². The highest BCUT2D eigenvalue weighted by Crippen LogP contribution is 2.19. The molecule has 0 saturated heterocycles. The molecule has 4 heteroatoms. The van der Waals surface area contributed by atoms with Crippen molar-refractivity contribution in [3.05, 3.63) is 59.2 Å². The third-order valence-corrected chi connectivity index (χ3v) is 3.42. The third kappa shape index (κ3) is 4.10. The first-order valence-corrected chi connectivity index (χ1v) is 7.20. The maximum Gasteiger partial charge on any atom is 0.226 e. The van der Waals surface area contributed by atoms with Gasteiger partial charge in [-0.3, -0.25) is 4.79 Å². The van der Waals surface area contributed by atoms with Gasteiger partial charge in [-0.05, 0) is 43.2 Å². The number of hydrogen-bond acceptors (Lipinski definition) is 3. The van der Waals surface area contributed by atoms with E-state index in [0.29, 0.717) is 18.5 Å². The van der Waals surface area contributed by atoms with Gasteiger partial charge in [0.2, 0.25) is 5.91 Å². The van der Waals surface area contributed by atoms with Crippen LogP contribution in [0.4, 0.5) is 11.4 Å². The van der Waals surface area contributed by atoms with Crippen molar-refractivity contribution in [1.29, 1.82) is 5.26 Å². The van der Waals surface area contributed by atoms with Gasteiger partial charge in [-0.1, -0.05) is 24.3 Å². The molecule has 2 rings (SSSR count). The highest BCUT2D eigenvalue weighted by atomic mass is 16.1. The minimum absolute atomic E-state index is 0.0265. The van der Waals surface area contributed by atoms with Crippen molar-refractivity contribution in [2.75, 3.05) is 17.2 Å². The first-order chi connectivity index (χ1) is 10.6. The molecule has 0 aliphatic heterocycles. The number of hydrogen-bond donors (Lipinski definition) is 2. The number of benzene rings is 2. The van der Waals surface area contributed by atoms with Crippen molar-refractivity contribution >= 4 is 17.3 Å². The molecule has 0 saturated carbocycles. The van der Waals surface area contributed by atoms with E-state index in [1.54, 1.807) is 12.1 Å². The van der Waals surface area contributed by atoms with Crippen LogP contribution in [0.3, 0.4) is 0 Å². The zero-order valence-corrected chi connectivity index (χ0v) is 12.8. The molecular formula is C18H19N3O. The van der Waals surface area contributed by atoms with Gasteiger partial charge in [0.25, 0.3) is 0 Å². The topological polar surface area (TPSA) is 64.9 Å². The highest BCUT2D eigenvalue weighted by molar-refractivity contribution is 5.92. The Hall–Kier alpha value is -2.80. The predicted octanol–water partition coefficient (Wildman–Crippen LogP) is 3.62. The van der Waals surface area contributed by atoms with Crippen LogP contribution in [0.25, 0.3) is 0 Å². The second-order valence-corrected chi connectivity index (χ2v) is 5.18. The second kappa shape index (κ2) is 7.28. The van der Waals surface area contributed by atoms with Crippen molar-refractivity contribution in [2.45, 2.75) is 20.3 Å². The molecule has 0 aromatic heterocycles. The summed E-state index contributed by atoms with van der Waals surface area (Å²) >= 11 is 0. The van der Waals surface area contributed by atoms with E-state index in [0.717, 1.165) is 22.5 Å². The Balaban J connectivity index is 1.87. The molecule has 0 spiro atoms. The largest absolute Gasteiger partial charge is 0.384 e. The van der Waals surface area contributed by atoms with Gasteiger partial charge in [-0.15, -0.1) is 0 Å². The Morgan fingerprint density at radius 3 is 2.50 bits per heavy atom. The molecule has 0 bridgehead atoms. The third-order valence-electron chi connectivity index (χ3n) is 3.42. The average molecular weight is 293 g/mol. The summed E-state index contributed by atoms with van der Waals surface area (Å²) in [7, 11) is 0. The van der Waals surface area contributed by atoms with E-state index in [9.17, 15) is 4.79 Å². The van der Waals surface area contributed by atoms with E-state index in [1.165, 1.54) is 0 Å². The molecule has 2 aromatic carbocycles. The molecule has 0 atom stereocenters. The normalized spacial score (nSPS) is 9.86. The number of para-hydroxylation sites is 1. The fourth-order valence-corrected chi connectivity index (χ4v) is 2.23. The number of nitriles is 1. The first kappa shape index (κ1) is 15.6. The van der Waals surface area contributed by atoms with E-state index >= 15 is 0 Å². The molecule has 4 nitrogen and oxygen atoms in total. The van der Waals surface area contributed by atoms with E-state index in [2.05, 4.69) is 16.7 Å². The van der Waals surface area contributed by atoms with Gasteiger partial charge < -0.3 is 10.6 Å². The number of rotatable bonds is 5. The number of aryl methyl sites for hydroxylation is 2. The number of amides is 1. The summed E-state index contributed by atoms with van der Waals surface area (Å²) in [5.41, 5.74) is 4.45. The van der Waals surface area contributed by atoms with Crippen LogP contribution in [0.5, 0.6) is 0 Å². The Kier molecular flexibility index (Phi) is 5.16. The quantitative estimate of drug-likeness (QED) is 0.885. The summed E-state index contributed by atoms with van der Waals surface area (Å²) in [5.74, 6) is -0.0265. The molecule has 2 N–H and O–H groups in total. The highest BCUT2D eigenvalue weighted by Gasteiger charge is 2.07. The fraction of sp³-hybridized carbons (Fsp3) is 0.222. The minimum atomic E-state index is -0.0265. The van der Waals surface area contributed by atoms with Crippen molar-refractivity contribution in [3.8, 4) is 6.07 Å². The standard InChI is InChI=1S/C18H19N3O/c1-13-5-3-6-14(2)18(13)21-17(22)9-10-20-16-8-4-7-15(11-16)12-19/h3-8,11,20H,9-10H2,1-2H3,(H,21,22). The molecule has 0 aliphatic carbocycles. The zero-order valence-electron chi connectivity index (χ0n) is 12.8. The molecule has 0 aliphatic rings. The lowest BCUT2D eigenvalue weighted by Crippen LogP contribution is -2.17. The van der Waals surface area contributed by atoms with Crippen molar-refractivity contribution in [2.24, 2.45) is 0 Å². The summed E-state index contributed by atoms with van der Waals surface area (Å²) in [6, 6.07) is 15.2. The monoisotopic (exact) mass is 293 g/mol. The lowest BCUT2D eigenvalue weighted by molar-refractivity contribution is -0.115. The minimum Gasteiger partial charge on any atom is -0.384 e. The molecule has 112 valence electrons. The molecule has 0 heterocycles. The SMILES string of the molecule is Cc1cccc(C)c1NC(=O)CCNc1cccc(C#N)c1. The first-order valence-electron chi connectivity index (χ1n) is 7.20. The summed E-state index contributed by atoms with van der Waals surface area (Å²) in [5, 5.41) is 15.0. The number of nitrogens with one attached hydrogen (secondary N) is 2. The van der Waals surface area contributed by atoms with Crippen LogP contribution in [-0.2, 0) is 4.79 Å². The maximum absolute atomic E-state index is 12.0. The molecule has 0 radical (unpaired) electrons.